The Bertz CT molecular complexity index is 212. The van der Waals surface area contributed by atoms with Crippen LogP contribution in [0.2, 0.25) is 0 Å². The van der Waals surface area contributed by atoms with E-state index in [4.69, 9.17) is 5.21 Å². The zero-order chi connectivity index (χ0) is 9.31. The van der Waals surface area contributed by atoms with Gasteiger partial charge in [-0.3, -0.25) is 0 Å². The average molecular weight is 181 g/mol. The van der Waals surface area contributed by atoms with E-state index in [1.807, 2.05) is 6.92 Å². The highest BCUT2D eigenvalue weighted by molar-refractivity contribution is 5.87. The predicted octanol–water partition coefficient (Wildman–Crippen LogP) is 3.20. The molecule has 0 saturated heterocycles. The molecule has 0 aromatic carbocycles. The third-order valence-corrected chi connectivity index (χ3v) is 4.13. The Hall–Kier alpha value is -0.530. The van der Waals surface area contributed by atoms with Crippen LogP contribution in [0.4, 0.5) is 0 Å². The predicted molar refractivity (Wildman–Crippen MR) is 53.1 cm³/mol. The van der Waals surface area contributed by atoms with Gasteiger partial charge < -0.3 is 5.21 Å². The summed E-state index contributed by atoms with van der Waals surface area (Å²) in [5.74, 6) is 0.916. The number of fused-ring (bicyclic) bond motifs is 2. The first-order chi connectivity index (χ1) is 6.27. The first-order valence-electron chi connectivity index (χ1n) is 5.46. The lowest BCUT2D eigenvalue weighted by atomic mass is 9.60. The number of hydrogen-bond acceptors (Lipinski definition) is 2. The molecule has 1 N–H and O–H groups in total. The zero-order valence-corrected chi connectivity index (χ0v) is 8.42. The SMILES string of the molecule is C/C(=N\O)C12CCCC(CCC1)C2. The first-order valence-corrected chi connectivity index (χ1v) is 5.46. The van der Waals surface area contributed by atoms with E-state index in [9.17, 15) is 0 Å². The van der Waals surface area contributed by atoms with E-state index in [0.717, 1.165) is 11.6 Å². The monoisotopic (exact) mass is 181 g/mol. The van der Waals surface area contributed by atoms with E-state index >= 15 is 0 Å². The van der Waals surface area contributed by atoms with Crippen LogP contribution in [0.15, 0.2) is 5.16 Å². The van der Waals surface area contributed by atoms with Gasteiger partial charge in [-0.2, -0.15) is 0 Å². The highest BCUT2D eigenvalue weighted by atomic mass is 16.4. The molecule has 2 heteroatoms. The molecule has 2 saturated carbocycles. The van der Waals surface area contributed by atoms with Gasteiger partial charge in [-0.15, -0.1) is 0 Å². The summed E-state index contributed by atoms with van der Waals surface area (Å²) in [7, 11) is 0. The third kappa shape index (κ3) is 1.47. The minimum absolute atomic E-state index is 0.288. The van der Waals surface area contributed by atoms with Gasteiger partial charge in [-0.25, -0.2) is 0 Å². The molecule has 0 aromatic heterocycles. The van der Waals surface area contributed by atoms with Gasteiger partial charge in [0, 0.05) is 5.41 Å². The minimum atomic E-state index is 0.288. The van der Waals surface area contributed by atoms with Crippen molar-refractivity contribution in [3.63, 3.8) is 0 Å². The molecule has 0 radical (unpaired) electrons. The van der Waals surface area contributed by atoms with Crippen molar-refractivity contribution in [2.45, 2.75) is 51.9 Å². The molecule has 13 heavy (non-hydrogen) atoms. The molecule has 2 fully saturated rings. The highest BCUT2D eigenvalue weighted by Crippen LogP contribution is 2.49. The summed E-state index contributed by atoms with van der Waals surface area (Å²) >= 11 is 0. The second kappa shape index (κ2) is 3.32. The van der Waals surface area contributed by atoms with Gasteiger partial charge in [0.25, 0.3) is 0 Å². The van der Waals surface area contributed by atoms with Crippen molar-refractivity contribution in [3.05, 3.63) is 0 Å². The normalized spacial score (nSPS) is 40.4. The van der Waals surface area contributed by atoms with Crippen molar-refractivity contribution < 1.29 is 5.21 Å². The van der Waals surface area contributed by atoms with Crippen molar-refractivity contribution in [3.8, 4) is 0 Å². The lowest BCUT2D eigenvalue weighted by Gasteiger charge is -2.44. The number of rotatable bonds is 1. The van der Waals surface area contributed by atoms with E-state index in [1.165, 1.54) is 44.9 Å². The molecule has 2 nitrogen and oxygen atoms in total. The maximum atomic E-state index is 8.88. The van der Waals surface area contributed by atoms with Crippen LogP contribution in [0.3, 0.4) is 0 Å². The molecule has 0 aliphatic heterocycles. The Morgan fingerprint density at radius 3 is 2.46 bits per heavy atom. The van der Waals surface area contributed by atoms with Crippen LogP contribution in [-0.2, 0) is 0 Å². The molecule has 0 heterocycles. The number of oxime groups is 1. The largest absolute Gasteiger partial charge is 0.411 e. The lowest BCUT2D eigenvalue weighted by Crippen LogP contribution is -2.38. The Labute approximate surface area is 80.0 Å². The highest BCUT2D eigenvalue weighted by Gasteiger charge is 2.41. The molecule has 0 spiro atoms. The Kier molecular flexibility index (Phi) is 2.31. The van der Waals surface area contributed by atoms with Gasteiger partial charge in [0.05, 0.1) is 5.71 Å². The van der Waals surface area contributed by atoms with Crippen LogP contribution in [0.1, 0.15) is 51.9 Å². The molecule has 74 valence electrons. The Morgan fingerprint density at radius 1 is 1.31 bits per heavy atom. The third-order valence-electron chi connectivity index (χ3n) is 4.13. The second-order valence-corrected chi connectivity index (χ2v) is 4.82. The number of hydrogen-bond donors (Lipinski definition) is 1. The number of nitrogens with zero attached hydrogens (tertiary/aromatic N) is 1. The van der Waals surface area contributed by atoms with Gasteiger partial charge in [0.2, 0.25) is 0 Å². The summed E-state index contributed by atoms with van der Waals surface area (Å²) in [4.78, 5) is 0. The molecule has 2 rings (SSSR count). The molecule has 2 aliphatic rings. The van der Waals surface area contributed by atoms with Gasteiger partial charge in [0.15, 0.2) is 0 Å². The second-order valence-electron chi connectivity index (χ2n) is 4.82. The van der Waals surface area contributed by atoms with Gasteiger partial charge in [-0.1, -0.05) is 30.8 Å². The van der Waals surface area contributed by atoms with Gasteiger partial charge in [-0.05, 0) is 32.1 Å². The lowest BCUT2D eigenvalue weighted by molar-refractivity contribution is 0.136. The standard InChI is InChI=1S/C11H19NO/c1-9(12-13)11-6-2-4-10(8-11)5-3-7-11/h10,13H,2-8H2,1H3/b12-9+. The summed E-state index contributed by atoms with van der Waals surface area (Å²) in [5, 5.41) is 12.3. The topological polar surface area (TPSA) is 32.6 Å². The van der Waals surface area contributed by atoms with E-state index in [0.29, 0.717) is 0 Å². The molecule has 0 atom stereocenters. The fourth-order valence-electron chi connectivity index (χ4n) is 3.30. The molecule has 2 aliphatic carbocycles. The smallest absolute Gasteiger partial charge is 0.0601 e. The molecule has 2 bridgehead atoms. The average Bonchev–Trinajstić information content (AvgIpc) is 2.17. The summed E-state index contributed by atoms with van der Waals surface area (Å²) in [6.45, 7) is 1.99. The molecular weight excluding hydrogens is 162 g/mol. The zero-order valence-electron chi connectivity index (χ0n) is 8.42. The maximum Gasteiger partial charge on any atom is 0.0601 e. The van der Waals surface area contributed by atoms with Gasteiger partial charge >= 0.3 is 0 Å². The van der Waals surface area contributed by atoms with Crippen molar-refractivity contribution in [1.82, 2.24) is 0 Å². The van der Waals surface area contributed by atoms with Crippen LogP contribution in [0, 0.1) is 11.3 Å². The van der Waals surface area contributed by atoms with Crippen LogP contribution in [0.5, 0.6) is 0 Å². The van der Waals surface area contributed by atoms with E-state index < -0.39 is 0 Å². The molecule has 0 unspecified atom stereocenters. The minimum Gasteiger partial charge on any atom is -0.411 e. The van der Waals surface area contributed by atoms with Crippen LogP contribution >= 0.6 is 0 Å². The van der Waals surface area contributed by atoms with Crippen molar-refractivity contribution in [2.75, 3.05) is 0 Å². The van der Waals surface area contributed by atoms with Crippen LogP contribution in [-0.4, -0.2) is 10.9 Å². The fraction of sp³-hybridized carbons (Fsp3) is 0.909. The molecule has 0 aromatic rings. The quantitative estimate of drug-likeness (QED) is 0.376. The summed E-state index contributed by atoms with van der Waals surface area (Å²) in [6.07, 6.45) is 9.25. The van der Waals surface area contributed by atoms with E-state index in [2.05, 4.69) is 5.16 Å². The van der Waals surface area contributed by atoms with E-state index in [-0.39, 0.29) is 5.41 Å². The summed E-state index contributed by atoms with van der Waals surface area (Å²) in [6, 6.07) is 0. The van der Waals surface area contributed by atoms with Gasteiger partial charge in [0.1, 0.15) is 0 Å². The van der Waals surface area contributed by atoms with Crippen molar-refractivity contribution >= 4 is 5.71 Å². The van der Waals surface area contributed by atoms with Crippen LogP contribution < -0.4 is 0 Å². The molecular formula is C11H19NO. The van der Waals surface area contributed by atoms with Crippen molar-refractivity contribution in [1.29, 1.82) is 0 Å². The summed E-state index contributed by atoms with van der Waals surface area (Å²) < 4.78 is 0. The van der Waals surface area contributed by atoms with Crippen LogP contribution in [0.25, 0.3) is 0 Å². The fourth-order valence-corrected chi connectivity index (χ4v) is 3.30. The summed E-state index contributed by atoms with van der Waals surface area (Å²) in [5.41, 5.74) is 1.27. The first kappa shape index (κ1) is 9.04. The molecule has 0 amide bonds. The van der Waals surface area contributed by atoms with Crippen molar-refractivity contribution in [2.24, 2.45) is 16.5 Å². The Morgan fingerprint density at radius 2 is 1.92 bits per heavy atom. The van der Waals surface area contributed by atoms with E-state index in [1.54, 1.807) is 0 Å². The Balaban J connectivity index is 2.19. The maximum absolute atomic E-state index is 8.88.